The Labute approximate surface area is 136 Å². The first-order valence-corrected chi connectivity index (χ1v) is 7.10. The van der Waals surface area contributed by atoms with Crippen LogP contribution in [-0.4, -0.2) is 28.8 Å². The molecule has 0 saturated heterocycles. The number of benzene rings is 1. The molecular weight excluding hydrogens is 323 g/mol. The van der Waals surface area contributed by atoms with Gasteiger partial charge in [-0.2, -0.15) is 18.3 Å². The maximum Gasteiger partial charge on any atom is 0.419 e. The fraction of sp³-hybridized carbons (Fsp3) is 0.250. The molecule has 0 saturated carbocycles. The fourth-order valence-corrected chi connectivity index (χ4v) is 1.92. The summed E-state index contributed by atoms with van der Waals surface area (Å²) in [5.74, 6) is -0.628. The van der Waals surface area contributed by atoms with E-state index >= 15 is 0 Å². The van der Waals surface area contributed by atoms with Gasteiger partial charge in [-0.25, -0.2) is 0 Å². The van der Waals surface area contributed by atoms with Crippen molar-refractivity contribution in [1.82, 2.24) is 15.1 Å². The highest BCUT2D eigenvalue weighted by atomic mass is 19.4. The van der Waals surface area contributed by atoms with Gasteiger partial charge in [0.1, 0.15) is 12.4 Å². The predicted molar refractivity (Wildman–Crippen MR) is 82.2 cm³/mol. The summed E-state index contributed by atoms with van der Waals surface area (Å²) in [6.45, 7) is 0.0158. The lowest BCUT2D eigenvalue weighted by atomic mass is 10.2. The number of ether oxygens (including phenoxy) is 1. The van der Waals surface area contributed by atoms with Crippen molar-refractivity contribution < 1.29 is 22.7 Å². The summed E-state index contributed by atoms with van der Waals surface area (Å²) in [5, 5.41) is 6.48. The molecule has 0 atom stereocenters. The minimum atomic E-state index is -4.48. The number of aryl methyl sites for hydroxylation is 1. The molecule has 2 aromatic rings. The smallest absolute Gasteiger partial charge is 0.419 e. The molecule has 1 N–H and O–H groups in total. The molecule has 0 spiro atoms. The van der Waals surface area contributed by atoms with Crippen LogP contribution >= 0.6 is 0 Å². The molecular formula is C16H16F3N3O2. The number of alkyl halides is 3. The summed E-state index contributed by atoms with van der Waals surface area (Å²) in [4.78, 5) is 11.6. The van der Waals surface area contributed by atoms with E-state index in [0.717, 1.165) is 11.6 Å². The van der Waals surface area contributed by atoms with E-state index in [-0.39, 0.29) is 24.8 Å². The molecule has 0 aliphatic rings. The first-order valence-electron chi connectivity index (χ1n) is 7.10. The second kappa shape index (κ2) is 7.67. The van der Waals surface area contributed by atoms with E-state index in [1.807, 2.05) is 0 Å². The van der Waals surface area contributed by atoms with Gasteiger partial charge in [0.05, 0.1) is 18.3 Å². The van der Waals surface area contributed by atoms with E-state index in [0.29, 0.717) is 0 Å². The topological polar surface area (TPSA) is 56.2 Å². The first-order chi connectivity index (χ1) is 11.4. The van der Waals surface area contributed by atoms with Gasteiger partial charge in [0, 0.05) is 24.9 Å². The first kappa shape index (κ1) is 17.6. The van der Waals surface area contributed by atoms with E-state index < -0.39 is 11.7 Å². The molecule has 128 valence electrons. The van der Waals surface area contributed by atoms with E-state index in [9.17, 15) is 18.0 Å². The van der Waals surface area contributed by atoms with Crippen molar-refractivity contribution in [3.8, 4) is 5.75 Å². The molecule has 1 aromatic carbocycles. The molecule has 1 heterocycles. The third kappa shape index (κ3) is 5.15. The van der Waals surface area contributed by atoms with Crippen LogP contribution in [-0.2, 0) is 18.0 Å². The number of halogens is 3. The molecule has 8 heteroatoms. The third-order valence-electron chi connectivity index (χ3n) is 3.00. The lowest BCUT2D eigenvalue weighted by Crippen LogP contribution is -2.26. The summed E-state index contributed by atoms with van der Waals surface area (Å²) in [6.07, 6.45) is 1.76. The van der Waals surface area contributed by atoms with E-state index in [2.05, 4.69) is 10.4 Å². The fourth-order valence-electron chi connectivity index (χ4n) is 1.92. The Morgan fingerprint density at radius 3 is 2.79 bits per heavy atom. The highest BCUT2D eigenvalue weighted by Gasteiger charge is 2.33. The number of carbonyl (C=O) groups excluding carboxylic acids is 1. The Morgan fingerprint density at radius 2 is 2.12 bits per heavy atom. The summed E-state index contributed by atoms with van der Waals surface area (Å²) in [7, 11) is 1.76. The minimum absolute atomic E-state index is 0.0699. The van der Waals surface area contributed by atoms with Crippen LogP contribution in [0, 0.1) is 0 Å². The number of hydrogen-bond donors (Lipinski definition) is 1. The average Bonchev–Trinajstić information content (AvgIpc) is 2.94. The van der Waals surface area contributed by atoms with Gasteiger partial charge >= 0.3 is 6.18 Å². The average molecular weight is 339 g/mol. The Balaban J connectivity index is 1.79. The van der Waals surface area contributed by atoms with E-state index in [1.165, 1.54) is 24.3 Å². The van der Waals surface area contributed by atoms with Crippen molar-refractivity contribution in [2.45, 2.75) is 6.18 Å². The standard InChI is InChI=1S/C16H16F3N3O2/c1-22-11-12(10-21-22)6-7-15(23)20-8-9-24-14-5-3-2-4-13(14)16(17,18)19/h2-7,10-11H,8-9H2,1H3,(H,20,23). The number of hydrogen-bond acceptors (Lipinski definition) is 3. The summed E-state index contributed by atoms with van der Waals surface area (Å²) < 4.78 is 45.1. The van der Waals surface area contributed by atoms with Crippen molar-refractivity contribution in [1.29, 1.82) is 0 Å². The Morgan fingerprint density at radius 1 is 1.38 bits per heavy atom. The van der Waals surface area contributed by atoms with Crippen LogP contribution in [0.2, 0.25) is 0 Å². The van der Waals surface area contributed by atoms with Crippen molar-refractivity contribution in [2.75, 3.05) is 13.2 Å². The van der Waals surface area contributed by atoms with Crippen molar-refractivity contribution in [3.63, 3.8) is 0 Å². The van der Waals surface area contributed by atoms with Gasteiger partial charge in [-0.3, -0.25) is 9.48 Å². The second-order valence-corrected chi connectivity index (χ2v) is 4.91. The molecule has 0 unspecified atom stereocenters. The molecule has 2 rings (SSSR count). The summed E-state index contributed by atoms with van der Waals surface area (Å²) >= 11 is 0. The third-order valence-corrected chi connectivity index (χ3v) is 3.00. The zero-order chi connectivity index (χ0) is 17.6. The van der Waals surface area contributed by atoms with Crippen LogP contribution in [0.1, 0.15) is 11.1 Å². The number of aromatic nitrogens is 2. The minimum Gasteiger partial charge on any atom is -0.491 e. The Kier molecular flexibility index (Phi) is 5.62. The number of para-hydroxylation sites is 1. The molecule has 24 heavy (non-hydrogen) atoms. The maximum absolute atomic E-state index is 12.8. The Hall–Kier alpha value is -2.77. The molecule has 0 fully saturated rings. The van der Waals surface area contributed by atoms with Gasteiger partial charge in [-0.05, 0) is 18.2 Å². The lowest BCUT2D eigenvalue weighted by Gasteiger charge is -2.13. The number of rotatable bonds is 6. The highest BCUT2D eigenvalue weighted by Crippen LogP contribution is 2.35. The second-order valence-electron chi connectivity index (χ2n) is 4.91. The lowest BCUT2D eigenvalue weighted by molar-refractivity contribution is -0.139. The molecule has 0 radical (unpaired) electrons. The van der Waals surface area contributed by atoms with Crippen molar-refractivity contribution >= 4 is 12.0 Å². The largest absolute Gasteiger partial charge is 0.491 e. The van der Waals surface area contributed by atoms with E-state index in [1.54, 1.807) is 30.2 Å². The summed E-state index contributed by atoms with van der Waals surface area (Å²) in [6, 6.07) is 4.94. The SMILES string of the molecule is Cn1cc(C=CC(=O)NCCOc2ccccc2C(F)(F)F)cn1. The van der Waals surface area contributed by atoms with Gasteiger partial charge in [0.25, 0.3) is 0 Å². The van der Waals surface area contributed by atoms with Crippen LogP contribution in [0.3, 0.4) is 0 Å². The number of nitrogens with zero attached hydrogens (tertiary/aromatic N) is 2. The molecule has 1 amide bonds. The van der Waals surface area contributed by atoms with Gasteiger partial charge in [-0.15, -0.1) is 0 Å². The van der Waals surface area contributed by atoms with Crippen LogP contribution in [0.15, 0.2) is 42.7 Å². The van der Waals surface area contributed by atoms with Crippen LogP contribution in [0.25, 0.3) is 6.08 Å². The van der Waals surface area contributed by atoms with Crippen LogP contribution in [0.5, 0.6) is 5.75 Å². The predicted octanol–water partition coefficient (Wildman–Crippen LogP) is 2.65. The van der Waals surface area contributed by atoms with Crippen molar-refractivity contribution in [2.24, 2.45) is 7.05 Å². The quantitative estimate of drug-likeness (QED) is 0.650. The number of carbonyl (C=O) groups is 1. The molecule has 0 bridgehead atoms. The molecule has 1 aromatic heterocycles. The van der Waals surface area contributed by atoms with Crippen LogP contribution in [0.4, 0.5) is 13.2 Å². The molecule has 5 nitrogen and oxygen atoms in total. The van der Waals surface area contributed by atoms with Gasteiger partial charge in [-0.1, -0.05) is 12.1 Å². The van der Waals surface area contributed by atoms with Crippen molar-refractivity contribution in [3.05, 3.63) is 53.9 Å². The van der Waals surface area contributed by atoms with Gasteiger partial charge in [0.15, 0.2) is 0 Å². The molecule has 0 aliphatic heterocycles. The highest BCUT2D eigenvalue weighted by molar-refractivity contribution is 5.91. The Bertz CT molecular complexity index is 723. The van der Waals surface area contributed by atoms with Crippen LogP contribution < -0.4 is 10.1 Å². The normalized spacial score (nSPS) is 11.7. The number of nitrogens with one attached hydrogen (secondary N) is 1. The van der Waals surface area contributed by atoms with Gasteiger partial charge in [0.2, 0.25) is 5.91 Å². The maximum atomic E-state index is 12.8. The zero-order valence-electron chi connectivity index (χ0n) is 12.9. The van der Waals surface area contributed by atoms with E-state index in [4.69, 9.17) is 4.74 Å². The van der Waals surface area contributed by atoms with Gasteiger partial charge < -0.3 is 10.1 Å². The summed E-state index contributed by atoms with van der Waals surface area (Å²) in [5.41, 5.74) is -0.0733. The number of amides is 1. The zero-order valence-corrected chi connectivity index (χ0v) is 12.9. The monoisotopic (exact) mass is 339 g/mol. The molecule has 0 aliphatic carbocycles.